The van der Waals surface area contributed by atoms with E-state index in [0.717, 1.165) is 18.4 Å². The van der Waals surface area contributed by atoms with Crippen LogP contribution in [0.15, 0.2) is 24.3 Å². The highest BCUT2D eigenvalue weighted by Gasteiger charge is 2.45. The van der Waals surface area contributed by atoms with Gasteiger partial charge < -0.3 is 14.9 Å². The summed E-state index contributed by atoms with van der Waals surface area (Å²) in [6.07, 6.45) is 2.14. The van der Waals surface area contributed by atoms with Crippen LogP contribution in [0.5, 0.6) is 0 Å². The van der Waals surface area contributed by atoms with Crippen molar-refractivity contribution in [1.29, 1.82) is 0 Å². The molecule has 1 aliphatic rings. The van der Waals surface area contributed by atoms with Crippen molar-refractivity contribution in [3.8, 4) is 0 Å². The van der Waals surface area contributed by atoms with Crippen LogP contribution in [-0.2, 0) is 21.7 Å². The van der Waals surface area contributed by atoms with E-state index in [1.165, 1.54) is 0 Å². The Morgan fingerprint density at radius 1 is 1.47 bits per heavy atom. The zero-order valence-electron chi connectivity index (χ0n) is 11.1. The van der Waals surface area contributed by atoms with Crippen molar-refractivity contribution in [3.05, 3.63) is 35.4 Å². The van der Waals surface area contributed by atoms with E-state index in [-0.39, 0.29) is 6.61 Å². The SMILES string of the molecule is CCCCC(C(=O)O)C1(O)COCc2ccccc21. The third kappa shape index (κ3) is 2.65. The van der Waals surface area contributed by atoms with Crippen molar-refractivity contribution in [2.75, 3.05) is 6.61 Å². The van der Waals surface area contributed by atoms with Crippen LogP contribution in [0.4, 0.5) is 0 Å². The summed E-state index contributed by atoms with van der Waals surface area (Å²) in [4.78, 5) is 11.5. The van der Waals surface area contributed by atoms with Gasteiger partial charge in [-0.3, -0.25) is 4.79 Å². The van der Waals surface area contributed by atoms with Gasteiger partial charge in [0.1, 0.15) is 5.60 Å². The van der Waals surface area contributed by atoms with Crippen molar-refractivity contribution < 1.29 is 19.7 Å². The first-order chi connectivity index (χ1) is 9.09. The summed E-state index contributed by atoms with van der Waals surface area (Å²) < 4.78 is 5.41. The fourth-order valence-electron chi connectivity index (χ4n) is 2.73. The smallest absolute Gasteiger partial charge is 0.309 e. The lowest BCUT2D eigenvalue weighted by atomic mass is 9.76. The number of fused-ring (bicyclic) bond motifs is 1. The lowest BCUT2D eigenvalue weighted by molar-refractivity contribution is -0.164. The number of unbranched alkanes of at least 4 members (excludes halogenated alkanes) is 1. The standard InChI is InChI=1S/C15H20O4/c1-2-3-7-13(14(16)17)15(18)10-19-9-11-6-4-5-8-12(11)15/h4-6,8,13,18H,2-3,7,9-10H2,1H3,(H,16,17). The van der Waals surface area contributed by atoms with Crippen LogP contribution >= 0.6 is 0 Å². The Labute approximate surface area is 113 Å². The number of rotatable bonds is 5. The van der Waals surface area contributed by atoms with Crippen LogP contribution in [-0.4, -0.2) is 22.8 Å². The summed E-state index contributed by atoms with van der Waals surface area (Å²) >= 11 is 0. The second-order valence-corrected chi connectivity index (χ2v) is 5.11. The van der Waals surface area contributed by atoms with Gasteiger partial charge in [-0.15, -0.1) is 0 Å². The minimum Gasteiger partial charge on any atom is -0.481 e. The van der Waals surface area contributed by atoms with Crippen LogP contribution in [0.2, 0.25) is 0 Å². The molecule has 4 nitrogen and oxygen atoms in total. The highest BCUT2D eigenvalue weighted by atomic mass is 16.5. The van der Waals surface area contributed by atoms with E-state index in [2.05, 4.69) is 0 Å². The first kappa shape index (κ1) is 14.0. The van der Waals surface area contributed by atoms with Gasteiger partial charge in [-0.2, -0.15) is 0 Å². The lowest BCUT2D eigenvalue weighted by Gasteiger charge is -2.38. The van der Waals surface area contributed by atoms with E-state index in [1.807, 2.05) is 25.1 Å². The van der Waals surface area contributed by atoms with Crippen LogP contribution in [0, 0.1) is 5.92 Å². The van der Waals surface area contributed by atoms with E-state index in [9.17, 15) is 15.0 Å². The van der Waals surface area contributed by atoms with E-state index in [4.69, 9.17) is 4.74 Å². The molecular formula is C15H20O4. The van der Waals surface area contributed by atoms with Crippen LogP contribution in [0.3, 0.4) is 0 Å². The Morgan fingerprint density at radius 2 is 2.21 bits per heavy atom. The molecule has 0 saturated heterocycles. The van der Waals surface area contributed by atoms with E-state index in [0.29, 0.717) is 18.6 Å². The second-order valence-electron chi connectivity index (χ2n) is 5.11. The van der Waals surface area contributed by atoms with Gasteiger partial charge in [0.2, 0.25) is 0 Å². The molecule has 4 heteroatoms. The van der Waals surface area contributed by atoms with Crippen molar-refractivity contribution in [1.82, 2.24) is 0 Å². The highest BCUT2D eigenvalue weighted by molar-refractivity contribution is 5.72. The normalized spacial score (nSPS) is 23.7. The van der Waals surface area contributed by atoms with Gasteiger partial charge in [0.15, 0.2) is 0 Å². The number of aliphatic carboxylic acids is 1. The zero-order chi connectivity index (χ0) is 13.9. The average Bonchev–Trinajstić information content (AvgIpc) is 2.39. The Bertz CT molecular complexity index is 457. The molecule has 0 aromatic heterocycles. The van der Waals surface area contributed by atoms with Gasteiger partial charge in [0.05, 0.1) is 19.1 Å². The number of ether oxygens (including phenoxy) is 1. The third-order valence-electron chi connectivity index (χ3n) is 3.78. The van der Waals surface area contributed by atoms with Crippen LogP contribution in [0.1, 0.15) is 37.3 Å². The lowest BCUT2D eigenvalue weighted by Crippen LogP contribution is -2.46. The number of aliphatic hydroxyl groups is 1. The molecule has 0 radical (unpaired) electrons. The molecule has 0 spiro atoms. The maximum Gasteiger partial charge on any atom is 0.309 e. The summed E-state index contributed by atoms with van der Waals surface area (Å²) in [5.41, 5.74) is 0.152. The van der Waals surface area contributed by atoms with Gasteiger partial charge in [-0.05, 0) is 17.5 Å². The van der Waals surface area contributed by atoms with E-state index < -0.39 is 17.5 Å². The summed E-state index contributed by atoms with van der Waals surface area (Å²) in [5.74, 6) is -1.79. The van der Waals surface area contributed by atoms with E-state index >= 15 is 0 Å². The minimum atomic E-state index is -1.42. The monoisotopic (exact) mass is 264 g/mol. The average molecular weight is 264 g/mol. The predicted molar refractivity (Wildman–Crippen MR) is 70.6 cm³/mol. The highest BCUT2D eigenvalue weighted by Crippen LogP contribution is 2.38. The van der Waals surface area contributed by atoms with Gasteiger partial charge >= 0.3 is 5.97 Å². The minimum absolute atomic E-state index is 0.0463. The van der Waals surface area contributed by atoms with Gasteiger partial charge in [-0.1, -0.05) is 44.0 Å². The van der Waals surface area contributed by atoms with Gasteiger partial charge in [0.25, 0.3) is 0 Å². The van der Waals surface area contributed by atoms with Crippen molar-refractivity contribution in [3.63, 3.8) is 0 Å². The Balaban J connectivity index is 2.37. The topological polar surface area (TPSA) is 66.8 Å². The molecule has 2 unspecified atom stereocenters. The maximum absolute atomic E-state index is 11.5. The fraction of sp³-hybridized carbons (Fsp3) is 0.533. The Morgan fingerprint density at radius 3 is 2.89 bits per heavy atom. The molecule has 0 amide bonds. The van der Waals surface area contributed by atoms with Crippen molar-refractivity contribution in [2.24, 2.45) is 5.92 Å². The summed E-state index contributed by atoms with van der Waals surface area (Å²) in [7, 11) is 0. The zero-order valence-corrected chi connectivity index (χ0v) is 11.1. The first-order valence-corrected chi connectivity index (χ1v) is 6.71. The first-order valence-electron chi connectivity index (χ1n) is 6.71. The molecule has 0 bridgehead atoms. The van der Waals surface area contributed by atoms with E-state index in [1.54, 1.807) is 6.07 Å². The number of benzene rings is 1. The second kappa shape index (κ2) is 5.72. The molecule has 1 heterocycles. The molecule has 19 heavy (non-hydrogen) atoms. The molecule has 1 aromatic carbocycles. The van der Waals surface area contributed by atoms with Crippen LogP contribution in [0.25, 0.3) is 0 Å². The molecule has 1 aromatic rings. The molecule has 1 aliphatic heterocycles. The molecule has 0 saturated carbocycles. The molecule has 2 atom stereocenters. The number of hydrogen-bond acceptors (Lipinski definition) is 3. The molecule has 0 aliphatic carbocycles. The molecular weight excluding hydrogens is 244 g/mol. The van der Waals surface area contributed by atoms with Crippen molar-refractivity contribution in [2.45, 2.75) is 38.4 Å². The number of carboxylic acids is 1. The summed E-state index contributed by atoms with van der Waals surface area (Å²) in [6.45, 7) is 2.48. The van der Waals surface area contributed by atoms with Gasteiger partial charge in [0, 0.05) is 0 Å². The Hall–Kier alpha value is -1.39. The maximum atomic E-state index is 11.5. The molecule has 104 valence electrons. The largest absolute Gasteiger partial charge is 0.481 e. The summed E-state index contributed by atoms with van der Waals surface area (Å²) in [6, 6.07) is 7.38. The summed E-state index contributed by atoms with van der Waals surface area (Å²) in [5, 5.41) is 20.3. The van der Waals surface area contributed by atoms with Crippen molar-refractivity contribution >= 4 is 5.97 Å². The number of carboxylic acid groups (broad SMARTS) is 1. The van der Waals surface area contributed by atoms with Crippen LogP contribution < -0.4 is 0 Å². The van der Waals surface area contributed by atoms with Gasteiger partial charge in [-0.25, -0.2) is 0 Å². The quantitative estimate of drug-likeness (QED) is 0.856. The Kier molecular flexibility index (Phi) is 4.22. The molecule has 2 rings (SSSR count). The predicted octanol–water partition coefficient (Wildman–Crippen LogP) is 2.30. The molecule has 0 fully saturated rings. The number of carbonyl (C=O) groups is 1. The molecule has 2 N–H and O–H groups in total. The third-order valence-corrected chi connectivity index (χ3v) is 3.78. The fourth-order valence-corrected chi connectivity index (χ4v) is 2.73. The number of hydrogen-bond donors (Lipinski definition) is 2.